The third kappa shape index (κ3) is 2.94. The van der Waals surface area contributed by atoms with Gasteiger partial charge in [0, 0.05) is 6.26 Å². The molecule has 0 aliphatic carbocycles. The van der Waals surface area contributed by atoms with Crippen molar-refractivity contribution in [2.24, 2.45) is 0 Å². The van der Waals surface area contributed by atoms with E-state index in [1.807, 2.05) is 0 Å². The van der Waals surface area contributed by atoms with E-state index in [0.29, 0.717) is 5.56 Å². The molecule has 0 aliphatic rings. The Labute approximate surface area is 92.4 Å². The number of benzene rings is 1. The van der Waals surface area contributed by atoms with Crippen LogP contribution in [0.3, 0.4) is 0 Å². The van der Waals surface area contributed by atoms with Crippen LogP contribution in [0.5, 0.6) is 0 Å². The van der Waals surface area contributed by atoms with Gasteiger partial charge in [0.05, 0.1) is 4.90 Å². The third-order valence-corrected chi connectivity index (χ3v) is 3.38. The first-order chi connectivity index (χ1) is 6.82. The maximum absolute atomic E-state index is 11.1. The second kappa shape index (κ2) is 4.20. The fourth-order valence-corrected chi connectivity index (χ4v) is 1.80. The lowest BCUT2D eigenvalue weighted by atomic mass is 10.1. The number of halogens is 1. The molecule has 4 nitrogen and oxygen atoms in total. The van der Waals surface area contributed by atoms with Gasteiger partial charge in [-0.15, -0.1) is 11.6 Å². The molecular weight excluding hydrogens is 240 g/mol. The maximum Gasteiger partial charge on any atom is 0.326 e. The first-order valence-electron chi connectivity index (χ1n) is 3.99. The Kier molecular flexibility index (Phi) is 3.36. The first-order valence-corrected chi connectivity index (χ1v) is 6.32. The summed E-state index contributed by atoms with van der Waals surface area (Å²) in [6.45, 7) is 0. The van der Waals surface area contributed by atoms with Crippen molar-refractivity contribution in [1.29, 1.82) is 0 Å². The minimum absolute atomic E-state index is 0.139. The number of sulfone groups is 1. The summed E-state index contributed by atoms with van der Waals surface area (Å²) in [5.74, 6) is -1.16. The SMILES string of the molecule is CS(=O)(=O)c1ccc(C(Cl)C(=O)O)cc1. The normalized spacial score (nSPS) is 13.5. The zero-order valence-corrected chi connectivity index (χ0v) is 9.42. The van der Waals surface area contributed by atoms with Crippen molar-refractivity contribution < 1.29 is 18.3 Å². The standard InChI is InChI=1S/C9H9ClO4S/c1-15(13,14)7-4-2-6(3-5-7)8(10)9(11)12/h2-5,8H,1H3,(H,11,12). The summed E-state index contributed by atoms with van der Waals surface area (Å²) in [4.78, 5) is 10.7. The highest BCUT2D eigenvalue weighted by Crippen LogP contribution is 2.21. The van der Waals surface area contributed by atoms with Crippen LogP contribution >= 0.6 is 11.6 Å². The highest BCUT2D eigenvalue weighted by atomic mass is 35.5. The summed E-state index contributed by atoms with van der Waals surface area (Å²) >= 11 is 5.56. The lowest BCUT2D eigenvalue weighted by Crippen LogP contribution is -2.05. The van der Waals surface area contributed by atoms with E-state index in [9.17, 15) is 13.2 Å². The van der Waals surface area contributed by atoms with Gasteiger partial charge in [-0.05, 0) is 17.7 Å². The van der Waals surface area contributed by atoms with Crippen molar-refractivity contribution in [3.63, 3.8) is 0 Å². The number of aliphatic carboxylic acids is 1. The highest BCUT2D eigenvalue weighted by Gasteiger charge is 2.16. The number of carbonyl (C=O) groups is 1. The lowest BCUT2D eigenvalue weighted by Gasteiger charge is -2.05. The smallest absolute Gasteiger partial charge is 0.326 e. The van der Waals surface area contributed by atoms with E-state index in [1.165, 1.54) is 24.3 Å². The number of hydrogen-bond donors (Lipinski definition) is 1. The fraction of sp³-hybridized carbons (Fsp3) is 0.222. The van der Waals surface area contributed by atoms with Crippen LogP contribution in [-0.4, -0.2) is 25.7 Å². The molecule has 1 atom stereocenters. The molecule has 15 heavy (non-hydrogen) atoms. The van der Waals surface area contributed by atoms with Gasteiger partial charge in [-0.3, -0.25) is 4.79 Å². The minimum atomic E-state index is -3.26. The van der Waals surface area contributed by atoms with Gasteiger partial charge in [0.2, 0.25) is 0 Å². The zero-order chi connectivity index (χ0) is 11.6. The molecule has 0 spiro atoms. The van der Waals surface area contributed by atoms with Crippen molar-refractivity contribution >= 4 is 27.4 Å². The van der Waals surface area contributed by atoms with E-state index >= 15 is 0 Å². The van der Waals surface area contributed by atoms with Gasteiger partial charge in [-0.25, -0.2) is 8.42 Å². The second-order valence-electron chi connectivity index (χ2n) is 3.04. The van der Waals surface area contributed by atoms with Crippen LogP contribution in [0.25, 0.3) is 0 Å². The van der Waals surface area contributed by atoms with Crippen molar-refractivity contribution in [1.82, 2.24) is 0 Å². The van der Waals surface area contributed by atoms with Gasteiger partial charge >= 0.3 is 5.97 Å². The molecule has 1 N–H and O–H groups in total. The topological polar surface area (TPSA) is 71.4 Å². The van der Waals surface area contributed by atoms with E-state index in [-0.39, 0.29) is 4.90 Å². The summed E-state index contributed by atoms with van der Waals surface area (Å²) in [5.41, 5.74) is 0.358. The molecule has 0 fully saturated rings. The number of alkyl halides is 1. The summed E-state index contributed by atoms with van der Waals surface area (Å²) in [6.07, 6.45) is 1.08. The van der Waals surface area contributed by atoms with Gasteiger partial charge in [0.15, 0.2) is 15.2 Å². The minimum Gasteiger partial charge on any atom is -0.480 e. The molecular formula is C9H9ClO4S. The maximum atomic E-state index is 11.1. The van der Waals surface area contributed by atoms with Gasteiger partial charge < -0.3 is 5.11 Å². The number of carboxylic acid groups (broad SMARTS) is 1. The van der Waals surface area contributed by atoms with Crippen molar-refractivity contribution in [2.45, 2.75) is 10.3 Å². The number of rotatable bonds is 3. The predicted octanol–water partition coefficient (Wildman–Crippen LogP) is 1.45. The largest absolute Gasteiger partial charge is 0.480 e. The lowest BCUT2D eigenvalue weighted by molar-refractivity contribution is -0.136. The molecule has 0 aliphatic heterocycles. The molecule has 0 saturated heterocycles. The first kappa shape index (κ1) is 12.0. The van der Waals surface area contributed by atoms with Crippen LogP contribution in [0.1, 0.15) is 10.9 Å². The Morgan fingerprint density at radius 3 is 2.13 bits per heavy atom. The van der Waals surface area contributed by atoms with Gasteiger partial charge in [0.25, 0.3) is 0 Å². The summed E-state index contributed by atoms with van der Waals surface area (Å²) < 4.78 is 22.2. The van der Waals surface area contributed by atoms with Crippen LogP contribution in [-0.2, 0) is 14.6 Å². The molecule has 82 valence electrons. The Hall–Kier alpha value is -1.07. The van der Waals surface area contributed by atoms with E-state index in [0.717, 1.165) is 6.26 Å². The Bertz CT molecular complexity index is 463. The number of hydrogen-bond acceptors (Lipinski definition) is 3. The quantitative estimate of drug-likeness (QED) is 0.822. The van der Waals surface area contributed by atoms with Crippen LogP contribution in [0, 0.1) is 0 Å². The van der Waals surface area contributed by atoms with Crippen LogP contribution in [0.4, 0.5) is 0 Å². The molecule has 0 saturated carbocycles. The van der Waals surface area contributed by atoms with Gasteiger partial charge in [-0.1, -0.05) is 12.1 Å². The molecule has 0 radical (unpaired) electrons. The predicted molar refractivity (Wildman–Crippen MR) is 55.8 cm³/mol. The molecule has 1 aromatic carbocycles. The second-order valence-corrected chi connectivity index (χ2v) is 5.49. The van der Waals surface area contributed by atoms with E-state index in [2.05, 4.69) is 0 Å². The molecule has 0 heterocycles. The van der Waals surface area contributed by atoms with E-state index in [4.69, 9.17) is 16.7 Å². The molecule has 0 aromatic heterocycles. The van der Waals surface area contributed by atoms with E-state index in [1.54, 1.807) is 0 Å². The van der Waals surface area contributed by atoms with Crippen molar-refractivity contribution in [3.8, 4) is 0 Å². The molecule has 0 amide bonds. The molecule has 1 aromatic rings. The fourth-order valence-electron chi connectivity index (χ4n) is 1.03. The van der Waals surface area contributed by atoms with E-state index < -0.39 is 21.2 Å². The molecule has 0 bridgehead atoms. The Morgan fingerprint density at radius 1 is 1.33 bits per heavy atom. The summed E-state index contributed by atoms with van der Waals surface area (Å²) in [7, 11) is -3.26. The molecule has 1 rings (SSSR count). The van der Waals surface area contributed by atoms with Crippen molar-refractivity contribution in [3.05, 3.63) is 29.8 Å². The van der Waals surface area contributed by atoms with Gasteiger partial charge in [-0.2, -0.15) is 0 Å². The summed E-state index contributed by atoms with van der Waals surface area (Å²) in [5, 5.41) is 7.46. The summed E-state index contributed by atoms with van der Waals surface area (Å²) in [6, 6.07) is 5.45. The number of carboxylic acids is 1. The molecule has 1 unspecified atom stereocenters. The average Bonchev–Trinajstić information content (AvgIpc) is 2.15. The monoisotopic (exact) mass is 248 g/mol. The van der Waals surface area contributed by atoms with Crippen LogP contribution in [0.15, 0.2) is 29.2 Å². The molecule has 6 heteroatoms. The third-order valence-electron chi connectivity index (χ3n) is 1.82. The Balaban J connectivity index is 3.06. The van der Waals surface area contributed by atoms with Gasteiger partial charge in [0.1, 0.15) is 0 Å². The zero-order valence-electron chi connectivity index (χ0n) is 7.84. The van der Waals surface area contributed by atoms with Crippen LogP contribution in [0.2, 0.25) is 0 Å². The average molecular weight is 249 g/mol. The van der Waals surface area contributed by atoms with Crippen LogP contribution < -0.4 is 0 Å². The Morgan fingerprint density at radius 2 is 1.80 bits per heavy atom. The highest BCUT2D eigenvalue weighted by molar-refractivity contribution is 7.90. The van der Waals surface area contributed by atoms with Crippen molar-refractivity contribution in [2.75, 3.05) is 6.26 Å².